The number of Topliss-reactive ketones (excluding diaryl/α,β-unsaturated/α-hetero) is 1. The topological polar surface area (TPSA) is 17.1 Å². The van der Waals surface area contributed by atoms with Crippen molar-refractivity contribution in [2.75, 3.05) is 0 Å². The van der Waals surface area contributed by atoms with Crippen molar-refractivity contribution >= 4 is 17.5 Å². The van der Waals surface area contributed by atoms with E-state index in [1.54, 1.807) is 0 Å². The van der Waals surface area contributed by atoms with E-state index in [1.165, 1.54) is 41.6 Å². The second-order valence-electron chi connectivity index (χ2n) is 4.45. The molecular weight excluding hydrogens is 259 g/mol. The molecule has 1 atom stereocenters. The number of halogens is 1. The van der Waals surface area contributed by atoms with E-state index in [0.717, 1.165) is 4.90 Å². The summed E-state index contributed by atoms with van der Waals surface area (Å²) >= 11 is 1.52. The van der Waals surface area contributed by atoms with Gasteiger partial charge >= 0.3 is 0 Å². The van der Waals surface area contributed by atoms with Gasteiger partial charge in [0.2, 0.25) is 0 Å². The third-order valence-electron chi connectivity index (χ3n) is 2.80. The molecule has 2 aromatic rings. The van der Waals surface area contributed by atoms with Crippen molar-refractivity contribution in [2.24, 2.45) is 0 Å². The van der Waals surface area contributed by atoms with Gasteiger partial charge in [0.25, 0.3) is 0 Å². The molecule has 1 unspecified atom stereocenters. The van der Waals surface area contributed by atoms with E-state index in [4.69, 9.17) is 0 Å². The molecule has 0 bridgehead atoms. The van der Waals surface area contributed by atoms with Crippen molar-refractivity contribution in [3.8, 4) is 0 Å². The van der Waals surface area contributed by atoms with E-state index in [9.17, 15) is 9.18 Å². The highest BCUT2D eigenvalue weighted by atomic mass is 32.2. The summed E-state index contributed by atoms with van der Waals surface area (Å²) in [6, 6.07) is 13.7. The number of benzene rings is 2. The third kappa shape index (κ3) is 3.67. The summed E-state index contributed by atoms with van der Waals surface area (Å²) in [5, 5.41) is -0.188. The third-order valence-corrected chi connectivity index (χ3v) is 3.89. The van der Waals surface area contributed by atoms with Gasteiger partial charge in [-0.1, -0.05) is 17.7 Å². The minimum absolute atomic E-state index is 0.0199. The Labute approximate surface area is 116 Å². The largest absolute Gasteiger partial charge is 0.293 e. The first-order valence-electron chi connectivity index (χ1n) is 6.09. The Hall–Kier alpha value is -1.61. The summed E-state index contributed by atoms with van der Waals surface area (Å²) in [6.45, 7) is 3.90. The van der Waals surface area contributed by atoms with Crippen LogP contribution < -0.4 is 0 Å². The van der Waals surface area contributed by atoms with Crippen molar-refractivity contribution < 1.29 is 9.18 Å². The van der Waals surface area contributed by atoms with E-state index in [0.29, 0.717) is 5.56 Å². The number of rotatable bonds is 4. The van der Waals surface area contributed by atoms with Crippen LogP contribution in [0.3, 0.4) is 0 Å². The van der Waals surface area contributed by atoms with Crippen LogP contribution in [0.2, 0.25) is 0 Å². The molecule has 98 valence electrons. The van der Waals surface area contributed by atoms with Crippen molar-refractivity contribution in [1.82, 2.24) is 0 Å². The Balaban J connectivity index is 2.09. The van der Waals surface area contributed by atoms with Crippen LogP contribution in [0.25, 0.3) is 0 Å². The maximum absolute atomic E-state index is 12.8. The van der Waals surface area contributed by atoms with Gasteiger partial charge in [-0.3, -0.25) is 4.79 Å². The molecule has 0 amide bonds. The molecule has 2 rings (SSSR count). The average Bonchev–Trinajstić information content (AvgIpc) is 2.39. The van der Waals surface area contributed by atoms with Crippen LogP contribution in [0.5, 0.6) is 0 Å². The number of carbonyl (C=O) groups excluding carboxylic acids is 1. The van der Waals surface area contributed by atoms with Crippen LogP contribution in [0.15, 0.2) is 53.4 Å². The summed E-state index contributed by atoms with van der Waals surface area (Å²) in [7, 11) is 0. The number of carbonyl (C=O) groups is 1. The molecule has 0 heterocycles. The molecule has 0 fully saturated rings. The molecule has 0 aromatic heterocycles. The van der Waals surface area contributed by atoms with Gasteiger partial charge in [-0.2, -0.15) is 0 Å². The molecule has 19 heavy (non-hydrogen) atoms. The van der Waals surface area contributed by atoms with Crippen molar-refractivity contribution in [3.05, 3.63) is 65.5 Å². The first-order valence-corrected chi connectivity index (χ1v) is 6.97. The van der Waals surface area contributed by atoms with Crippen LogP contribution in [-0.4, -0.2) is 11.0 Å². The highest BCUT2D eigenvalue weighted by Crippen LogP contribution is 2.26. The second kappa shape index (κ2) is 6.02. The number of thioether (sulfide) groups is 1. The predicted octanol–water partition coefficient (Wildman–Crippen LogP) is 4.50. The fourth-order valence-corrected chi connectivity index (χ4v) is 2.86. The summed E-state index contributed by atoms with van der Waals surface area (Å²) in [5.41, 5.74) is 1.72. The van der Waals surface area contributed by atoms with Gasteiger partial charge < -0.3 is 0 Å². The van der Waals surface area contributed by atoms with E-state index in [2.05, 4.69) is 6.07 Å². The molecule has 0 N–H and O–H groups in total. The van der Waals surface area contributed by atoms with Gasteiger partial charge in [0, 0.05) is 10.5 Å². The summed E-state index contributed by atoms with van der Waals surface area (Å²) in [4.78, 5) is 13.3. The Bertz CT molecular complexity index is 578. The monoisotopic (exact) mass is 274 g/mol. The maximum atomic E-state index is 12.8. The summed E-state index contributed by atoms with van der Waals surface area (Å²) in [5.74, 6) is -0.304. The summed E-state index contributed by atoms with van der Waals surface area (Å²) < 4.78 is 12.8. The fraction of sp³-hybridized carbons (Fsp3) is 0.188. The van der Waals surface area contributed by atoms with Crippen LogP contribution >= 0.6 is 11.8 Å². The first-order chi connectivity index (χ1) is 9.06. The Morgan fingerprint density at radius 1 is 1.16 bits per heavy atom. The molecular formula is C16H15FOS. The van der Waals surface area contributed by atoms with Crippen LogP contribution in [-0.2, 0) is 0 Å². The van der Waals surface area contributed by atoms with Crippen LogP contribution in [0.4, 0.5) is 4.39 Å². The number of hydrogen-bond donors (Lipinski definition) is 0. The van der Waals surface area contributed by atoms with Gasteiger partial charge in [0.1, 0.15) is 5.82 Å². The Morgan fingerprint density at radius 2 is 1.84 bits per heavy atom. The van der Waals surface area contributed by atoms with Gasteiger partial charge in [0.15, 0.2) is 5.78 Å². The van der Waals surface area contributed by atoms with Gasteiger partial charge in [-0.25, -0.2) is 4.39 Å². The lowest BCUT2D eigenvalue weighted by molar-refractivity contribution is 0.0994. The van der Waals surface area contributed by atoms with E-state index in [1.807, 2.05) is 32.0 Å². The average molecular weight is 274 g/mol. The minimum atomic E-state index is -0.324. The highest BCUT2D eigenvalue weighted by Gasteiger charge is 2.16. The molecule has 0 aliphatic rings. The van der Waals surface area contributed by atoms with Gasteiger partial charge in [-0.15, -0.1) is 11.8 Å². The second-order valence-corrected chi connectivity index (χ2v) is 5.86. The van der Waals surface area contributed by atoms with Crippen molar-refractivity contribution in [1.29, 1.82) is 0 Å². The molecule has 0 saturated heterocycles. The van der Waals surface area contributed by atoms with E-state index in [-0.39, 0.29) is 16.9 Å². The Morgan fingerprint density at radius 3 is 2.47 bits per heavy atom. The SMILES string of the molecule is Cc1cccc(SC(C)C(=O)c2ccc(F)cc2)c1. The standard InChI is InChI=1S/C16H15FOS/c1-11-4-3-5-15(10-11)19-12(2)16(18)13-6-8-14(17)9-7-13/h3-10,12H,1-2H3. The lowest BCUT2D eigenvalue weighted by Gasteiger charge is -2.10. The van der Waals surface area contributed by atoms with Crippen LogP contribution in [0, 0.1) is 12.7 Å². The lowest BCUT2D eigenvalue weighted by Crippen LogP contribution is -2.13. The predicted molar refractivity (Wildman–Crippen MR) is 77.2 cm³/mol. The summed E-state index contributed by atoms with van der Waals surface area (Å²) in [6.07, 6.45) is 0. The normalized spacial score (nSPS) is 12.2. The van der Waals surface area contributed by atoms with E-state index >= 15 is 0 Å². The molecule has 0 saturated carbocycles. The fourth-order valence-electron chi connectivity index (χ4n) is 1.80. The molecule has 2 aromatic carbocycles. The molecule has 0 radical (unpaired) electrons. The van der Waals surface area contributed by atoms with Crippen molar-refractivity contribution in [3.63, 3.8) is 0 Å². The zero-order valence-electron chi connectivity index (χ0n) is 10.9. The Kier molecular flexibility index (Phi) is 4.38. The van der Waals surface area contributed by atoms with Crippen LogP contribution in [0.1, 0.15) is 22.8 Å². The molecule has 0 aliphatic heterocycles. The zero-order chi connectivity index (χ0) is 13.8. The van der Waals surface area contributed by atoms with Gasteiger partial charge in [0.05, 0.1) is 5.25 Å². The maximum Gasteiger partial charge on any atom is 0.175 e. The minimum Gasteiger partial charge on any atom is -0.293 e. The van der Waals surface area contributed by atoms with E-state index < -0.39 is 0 Å². The molecule has 3 heteroatoms. The van der Waals surface area contributed by atoms with Crippen molar-refractivity contribution in [2.45, 2.75) is 24.0 Å². The smallest absolute Gasteiger partial charge is 0.175 e. The highest BCUT2D eigenvalue weighted by molar-refractivity contribution is 8.00. The lowest BCUT2D eigenvalue weighted by atomic mass is 10.1. The zero-order valence-corrected chi connectivity index (χ0v) is 11.7. The quantitative estimate of drug-likeness (QED) is 0.603. The number of aryl methyl sites for hydroxylation is 1. The first kappa shape index (κ1) is 13.8. The molecule has 0 aliphatic carbocycles. The number of ketones is 1. The molecule has 1 nitrogen and oxygen atoms in total. The van der Waals surface area contributed by atoms with Gasteiger partial charge in [-0.05, 0) is 50.2 Å². The molecule has 0 spiro atoms. The number of hydrogen-bond acceptors (Lipinski definition) is 2.